The maximum Gasteiger partial charge on any atom is 0.120 e. The van der Waals surface area contributed by atoms with Gasteiger partial charge in [-0.1, -0.05) is 25.1 Å². The number of nitrogens with zero attached hydrogens (tertiary/aromatic N) is 1. The van der Waals surface area contributed by atoms with Gasteiger partial charge in [0.05, 0.1) is 0 Å². The molecule has 0 radical (unpaired) electrons. The molecule has 0 atom stereocenters. The Hall–Kier alpha value is -1.06. The highest BCUT2D eigenvalue weighted by molar-refractivity contribution is 5.31. The quantitative estimate of drug-likeness (QED) is 0.741. The molecule has 0 spiro atoms. The van der Waals surface area contributed by atoms with Crippen molar-refractivity contribution in [1.29, 1.82) is 0 Å². The molecule has 3 heteroatoms. The number of para-hydroxylation sites is 1. The largest absolute Gasteiger partial charge is 0.508 e. The lowest BCUT2D eigenvalue weighted by Gasteiger charge is -2.21. The molecular formula is C13H22N2O. The number of aromatic hydroxyl groups is 1. The van der Waals surface area contributed by atoms with Crippen LogP contribution in [0.1, 0.15) is 25.3 Å². The van der Waals surface area contributed by atoms with E-state index in [0.717, 1.165) is 44.6 Å². The Bertz CT molecular complexity index is 302. The maximum atomic E-state index is 9.70. The zero-order valence-corrected chi connectivity index (χ0v) is 10.0. The Morgan fingerprint density at radius 1 is 1.25 bits per heavy atom. The highest BCUT2D eigenvalue weighted by atomic mass is 16.3. The highest BCUT2D eigenvalue weighted by Crippen LogP contribution is 2.17. The van der Waals surface area contributed by atoms with Crippen LogP contribution in [0.15, 0.2) is 24.3 Å². The van der Waals surface area contributed by atoms with Gasteiger partial charge in [-0.3, -0.25) is 4.90 Å². The highest BCUT2D eigenvalue weighted by Gasteiger charge is 2.07. The van der Waals surface area contributed by atoms with E-state index in [-0.39, 0.29) is 0 Å². The summed E-state index contributed by atoms with van der Waals surface area (Å²) in [4.78, 5) is 2.34. The fourth-order valence-electron chi connectivity index (χ4n) is 1.79. The van der Waals surface area contributed by atoms with Crippen molar-refractivity contribution in [1.82, 2.24) is 4.90 Å². The molecule has 0 unspecified atom stereocenters. The molecule has 0 aliphatic carbocycles. The van der Waals surface area contributed by atoms with Crippen LogP contribution in [0.2, 0.25) is 0 Å². The summed E-state index contributed by atoms with van der Waals surface area (Å²) in [6.45, 7) is 5.74. The third-order valence-electron chi connectivity index (χ3n) is 2.60. The van der Waals surface area contributed by atoms with Crippen LogP contribution < -0.4 is 5.73 Å². The van der Waals surface area contributed by atoms with E-state index in [0.29, 0.717) is 5.75 Å². The van der Waals surface area contributed by atoms with Crippen LogP contribution in [-0.2, 0) is 6.54 Å². The third kappa shape index (κ3) is 4.21. The SMILES string of the molecule is CCCN(CCCN)Cc1ccccc1O. The standard InChI is InChI=1S/C13H22N2O/c1-2-9-15(10-5-8-14)11-12-6-3-4-7-13(12)16/h3-4,6-7,16H,2,5,8-11,14H2,1H3. The van der Waals surface area contributed by atoms with E-state index in [4.69, 9.17) is 5.73 Å². The summed E-state index contributed by atoms with van der Waals surface area (Å²) in [6.07, 6.45) is 2.13. The first-order valence-electron chi connectivity index (χ1n) is 5.97. The Morgan fingerprint density at radius 2 is 2.00 bits per heavy atom. The fraction of sp³-hybridized carbons (Fsp3) is 0.538. The van der Waals surface area contributed by atoms with Crippen LogP contribution in [0, 0.1) is 0 Å². The van der Waals surface area contributed by atoms with Gasteiger partial charge in [0.1, 0.15) is 5.75 Å². The number of rotatable bonds is 7. The smallest absolute Gasteiger partial charge is 0.120 e. The van der Waals surface area contributed by atoms with Gasteiger partial charge in [0, 0.05) is 12.1 Å². The van der Waals surface area contributed by atoms with Crippen LogP contribution in [-0.4, -0.2) is 29.6 Å². The molecule has 0 saturated carbocycles. The molecule has 16 heavy (non-hydrogen) atoms. The second-order valence-corrected chi connectivity index (χ2v) is 4.05. The molecule has 0 aliphatic heterocycles. The predicted molar refractivity (Wildman–Crippen MR) is 67.3 cm³/mol. The Kier molecular flexibility index (Phi) is 5.90. The van der Waals surface area contributed by atoms with Gasteiger partial charge in [0.25, 0.3) is 0 Å². The van der Waals surface area contributed by atoms with Crippen molar-refractivity contribution < 1.29 is 5.11 Å². The van der Waals surface area contributed by atoms with Crippen LogP contribution in [0.25, 0.3) is 0 Å². The van der Waals surface area contributed by atoms with Gasteiger partial charge in [0.15, 0.2) is 0 Å². The van der Waals surface area contributed by atoms with Crippen molar-refractivity contribution in [3.05, 3.63) is 29.8 Å². The predicted octanol–water partition coefficient (Wildman–Crippen LogP) is 1.95. The van der Waals surface area contributed by atoms with Crippen molar-refractivity contribution in [3.8, 4) is 5.75 Å². The van der Waals surface area contributed by atoms with Gasteiger partial charge in [-0.25, -0.2) is 0 Å². The maximum absolute atomic E-state index is 9.70. The Morgan fingerprint density at radius 3 is 2.62 bits per heavy atom. The average Bonchev–Trinajstić information content (AvgIpc) is 2.29. The summed E-state index contributed by atoms with van der Waals surface area (Å²) in [7, 11) is 0. The van der Waals surface area contributed by atoms with Crippen LogP contribution in [0.4, 0.5) is 0 Å². The number of hydrogen-bond donors (Lipinski definition) is 2. The molecule has 0 fully saturated rings. The molecule has 3 N–H and O–H groups in total. The lowest BCUT2D eigenvalue weighted by molar-refractivity contribution is 0.260. The van der Waals surface area contributed by atoms with E-state index in [1.165, 1.54) is 0 Å². The lowest BCUT2D eigenvalue weighted by atomic mass is 10.2. The average molecular weight is 222 g/mol. The van der Waals surface area contributed by atoms with Crippen LogP contribution in [0.5, 0.6) is 5.75 Å². The second-order valence-electron chi connectivity index (χ2n) is 4.05. The number of phenolic OH excluding ortho intramolecular Hbond substituents is 1. The molecule has 0 aliphatic rings. The molecule has 90 valence electrons. The minimum Gasteiger partial charge on any atom is -0.508 e. The first kappa shape index (κ1) is 13.0. The summed E-state index contributed by atoms with van der Waals surface area (Å²) in [5.74, 6) is 0.386. The first-order valence-corrected chi connectivity index (χ1v) is 5.97. The summed E-state index contributed by atoms with van der Waals surface area (Å²) >= 11 is 0. The van der Waals surface area contributed by atoms with E-state index in [2.05, 4.69) is 11.8 Å². The van der Waals surface area contributed by atoms with Crippen molar-refractivity contribution >= 4 is 0 Å². The van der Waals surface area contributed by atoms with E-state index in [1.54, 1.807) is 6.07 Å². The van der Waals surface area contributed by atoms with Crippen LogP contribution >= 0.6 is 0 Å². The minimum atomic E-state index is 0.386. The monoisotopic (exact) mass is 222 g/mol. The van der Waals surface area contributed by atoms with Crippen molar-refractivity contribution in [2.45, 2.75) is 26.3 Å². The Labute approximate surface area is 97.9 Å². The van der Waals surface area contributed by atoms with Crippen molar-refractivity contribution in [2.75, 3.05) is 19.6 Å². The normalized spacial score (nSPS) is 10.9. The van der Waals surface area contributed by atoms with Gasteiger partial charge < -0.3 is 10.8 Å². The Balaban J connectivity index is 2.56. The van der Waals surface area contributed by atoms with E-state index in [9.17, 15) is 5.11 Å². The first-order chi connectivity index (χ1) is 7.77. The van der Waals surface area contributed by atoms with Crippen molar-refractivity contribution in [2.24, 2.45) is 5.73 Å². The van der Waals surface area contributed by atoms with Gasteiger partial charge in [-0.05, 0) is 38.5 Å². The molecule has 3 nitrogen and oxygen atoms in total. The van der Waals surface area contributed by atoms with E-state index >= 15 is 0 Å². The van der Waals surface area contributed by atoms with Crippen LogP contribution in [0.3, 0.4) is 0 Å². The second kappa shape index (κ2) is 7.25. The summed E-state index contributed by atoms with van der Waals surface area (Å²) < 4.78 is 0. The van der Waals surface area contributed by atoms with E-state index < -0.39 is 0 Å². The molecule has 0 bridgehead atoms. The lowest BCUT2D eigenvalue weighted by Crippen LogP contribution is -2.26. The van der Waals surface area contributed by atoms with E-state index in [1.807, 2.05) is 18.2 Å². The fourth-order valence-corrected chi connectivity index (χ4v) is 1.79. The molecule has 1 rings (SSSR count). The molecule has 0 aromatic heterocycles. The number of benzene rings is 1. The van der Waals surface area contributed by atoms with Gasteiger partial charge in [-0.15, -0.1) is 0 Å². The summed E-state index contributed by atoms with van der Waals surface area (Å²) in [6, 6.07) is 7.52. The van der Waals surface area contributed by atoms with Crippen molar-refractivity contribution in [3.63, 3.8) is 0 Å². The third-order valence-corrected chi connectivity index (χ3v) is 2.60. The van der Waals surface area contributed by atoms with Gasteiger partial charge >= 0.3 is 0 Å². The zero-order valence-electron chi connectivity index (χ0n) is 10.0. The van der Waals surface area contributed by atoms with Gasteiger partial charge in [0.2, 0.25) is 0 Å². The molecule has 0 heterocycles. The minimum absolute atomic E-state index is 0.386. The summed E-state index contributed by atoms with van der Waals surface area (Å²) in [5.41, 5.74) is 6.51. The number of phenols is 1. The topological polar surface area (TPSA) is 49.5 Å². The summed E-state index contributed by atoms with van der Waals surface area (Å²) in [5, 5.41) is 9.70. The van der Waals surface area contributed by atoms with Gasteiger partial charge in [-0.2, -0.15) is 0 Å². The molecule has 0 amide bonds. The molecule has 0 saturated heterocycles. The molecule has 1 aromatic carbocycles. The zero-order chi connectivity index (χ0) is 11.8. The number of hydrogen-bond acceptors (Lipinski definition) is 3. The molecule has 1 aromatic rings. The number of nitrogens with two attached hydrogens (primary N) is 1. The molecular weight excluding hydrogens is 200 g/mol.